The lowest BCUT2D eigenvalue weighted by Gasteiger charge is -2.23. The van der Waals surface area contributed by atoms with Gasteiger partial charge in [-0.1, -0.05) is 23.9 Å². The minimum atomic E-state index is -0.0652. The van der Waals surface area contributed by atoms with E-state index in [9.17, 15) is 4.79 Å². The predicted octanol–water partition coefficient (Wildman–Crippen LogP) is 3.68. The summed E-state index contributed by atoms with van der Waals surface area (Å²) in [6, 6.07) is 10.1. The summed E-state index contributed by atoms with van der Waals surface area (Å²) in [6.07, 6.45) is 1.57. The van der Waals surface area contributed by atoms with Crippen molar-refractivity contribution in [3.05, 3.63) is 47.9 Å². The van der Waals surface area contributed by atoms with E-state index in [1.165, 1.54) is 23.0 Å². The van der Waals surface area contributed by atoms with E-state index in [0.717, 1.165) is 18.7 Å². The summed E-state index contributed by atoms with van der Waals surface area (Å²) in [7, 11) is 0. The van der Waals surface area contributed by atoms with E-state index in [4.69, 9.17) is 8.83 Å². The van der Waals surface area contributed by atoms with Gasteiger partial charge in [-0.15, -0.1) is 10.2 Å². The van der Waals surface area contributed by atoms with Crippen molar-refractivity contribution in [2.24, 2.45) is 0 Å². The lowest BCUT2D eigenvalue weighted by Crippen LogP contribution is -2.35. The van der Waals surface area contributed by atoms with Crippen LogP contribution in [0.25, 0.3) is 11.5 Å². The number of rotatable bonds is 9. The van der Waals surface area contributed by atoms with Gasteiger partial charge in [0.25, 0.3) is 11.1 Å². The van der Waals surface area contributed by atoms with Crippen molar-refractivity contribution in [3.63, 3.8) is 0 Å². The highest BCUT2D eigenvalue weighted by atomic mass is 32.2. The number of thioether (sulfide) groups is 1. The Hall–Kier alpha value is -2.74. The molecule has 0 unspecified atom stereocenters. The van der Waals surface area contributed by atoms with Crippen LogP contribution in [-0.4, -0.2) is 41.5 Å². The number of aryl methyl sites for hydroxylation is 2. The Morgan fingerprint density at radius 2 is 2.11 bits per heavy atom. The second-order valence-electron chi connectivity index (χ2n) is 6.32. The fourth-order valence-electron chi connectivity index (χ4n) is 2.79. The van der Waals surface area contributed by atoms with Gasteiger partial charge in [-0.25, -0.2) is 0 Å². The van der Waals surface area contributed by atoms with Crippen LogP contribution in [0.1, 0.15) is 18.2 Å². The first-order chi connectivity index (χ1) is 13.6. The fourth-order valence-corrected chi connectivity index (χ4v) is 3.38. The van der Waals surface area contributed by atoms with E-state index < -0.39 is 0 Å². The van der Waals surface area contributed by atoms with Crippen LogP contribution in [0.2, 0.25) is 0 Å². The quantitative estimate of drug-likeness (QED) is 0.549. The molecule has 0 aliphatic rings. The summed E-state index contributed by atoms with van der Waals surface area (Å²) in [5.74, 6) is 1.27. The molecule has 1 aromatic carbocycles. The van der Waals surface area contributed by atoms with Crippen molar-refractivity contribution in [1.82, 2.24) is 15.5 Å². The molecule has 0 bridgehead atoms. The molecule has 7 nitrogen and oxygen atoms in total. The van der Waals surface area contributed by atoms with E-state index >= 15 is 0 Å². The Labute approximate surface area is 168 Å². The normalized spacial score (nSPS) is 10.8. The summed E-state index contributed by atoms with van der Waals surface area (Å²) >= 11 is 1.22. The lowest BCUT2D eigenvalue weighted by molar-refractivity contribution is -0.118. The number of nitrogens with zero attached hydrogens (tertiary/aromatic N) is 3. The van der Waals surface area contributed by atoms with Gasteiger partial charge < -0.3 is 19.1 Å². The number of hydrogen-bond donors (Lipinski definition) is 1. The first-order valence-corrected chi connectivity index (χ1v) is 10.1. The summed E-state index contributed by atoms with van der Waals surface area (Å²) in [5.41, 5.74) is 3.15. The molecule has 1 amide bonds. The third-order valence-electron chi connectivity index (χ3n) is 4.27. The van der Waals surface area contributed by atoms with Gasteiger partial charge in [0.2, 0.25) is 5.91 Å². The molecule has 0 aliphatic carbocycles. The van der Waals surface area contributed by atoms with Crippen molar-refractivity contribution in [1.29, 1.82) is 0 Å². The van der Waals surface area contributed by atoms with Gasteiger partial charge in [-0.3, -0.25) is 4.79 Å². The number of anilines is 1. The molecular weight excluding hydrogens is 376 g/mol. The molecule has 0 spiro atoms. The third-order valence-corrected chi connectivity index (χ3v) is 5.09. The third kappa shape index (κ3) is 5.16. The number of furan rings is 1. The molecule has 28 heavy (non-hydrogen) atoms. The highest BCUT2D eigenvalue weighted by Gasteiger charge is 2.14. The van der Waals surface area contributed by atoms with Crippen LogP contribution in [-0.2, 0) is 4.79 Å². The maximum Gasteiger partial charge on any atom is 0.277 e. The first kappa shape index (κ1) is 20.0. The van der Waals surface area contributed by atoms with Gasteiger partial charge in [-0.2, -0.15) is 0 Å². The Balaban J connectivity index is 1.43. The van der Waals surface area contributed by atoms with E-state index in [1.54, 1.807) is 12.3 Å². The number of carbonyl (C=O) groups excluding carboxylic acids is 1. The molecule has 0 radical (unpaired) electrons. The van der Waals surface area contributed by atoms with Gasteiger partial charge in [0, 0.05) is 25.3 Å². The molecule has 2 heterocycles. The van der Waals surface area contributed by atoms with Crippen molar-refractivity contribution in [2.75, 3.05) is 30.3 Å². The Bertz CT molecular complexity index is 922. The van der Waals surface area contributed by atoms with Gasteiger partial charge in [-0.05, 0) is 44.5 Å². The van der Waals surface area contributed by atoms with Gasteiger partial charge in [0.1, 0.15) is 5.76 Å². The molecule has 1 N–H and O–H groups in total. The molecule has 0 fully saturated rings. The minimum absolute atomic E-state index is 0.0652. The van der Waals surface area contributed by atoms with Crippen LogP contribution in [0, 0.1) is 13.8 Å². The van der Waals surface area contributed by atoms with Crippen LogP contribution in [0.3, 0.4) is 0 Å². The van der Waals surface area contributed by atoms with Crippen molar-refractivity contribution < 1.29 is 13.6 Å². The van der Waals surface area contributed by atoms with Crippen molar-refractivity contribution in [2.45, 2.75) is 26.0 Å². The molecule has 0 saturated carbocycles. The van der Waals surface area contributed by atoms with Gasteiger partial charge >= 0.3 is 0 Å². The van der Waals surface area contributed by atoms with Crippen LogP contribution < -0.4 is 10.2 Å². The van der Waals surface area contributed by atoms with Crippen LogP contribution in [0.4, 0.5) is 5.69 Å². The average molecular weight is 401 g/mol. The second-order valence-corrected chi connectivity index (χ2v) is 7.25. The lowest BCUT2D eigenvalue weighted by atomic mass is 10.2. The van der Waals surface area contributed by atoms with E-state index in [1.807, 2.05) is 13.0 Å². The molecule has 148 valence electrons. The summed E-state index contributed by atoms with van der Waals surface area (Å²) < 4.78 is 10.8. The largest absolute Gasteiger partial charge is 0.469 e. The van der Waals surface area contributed by atoms with E-state index in [-0.39, 0.29) is 11.7 Å². The van der Waals surface area contributed by atoms with Crippen molar-refractivity contribution in [3.8, 4) is 11.5 Å². The van der Waals surface area contributed by atoms with Crippen LogP contribution in [0.15, 0.2) is 50.7 Å². The minimum Gasteiger partial charge on any atom is -0.469 e. The monoisotopic (exact) mass is 400 g/mol. The Kier molecular flexibility index (Phi) is 6.76. The number of hydrogen-bond acceptors (Lipinski definition) is 7. The van der Waals surface area contributed by atoms with Gasteiger partial charge in [0.15, 0.2) is 0 Å². The molecule has 0 aliphatic heterocycles. The standard InChI is InChI=1S/C20H24N4O3S/c1-4-24(16-7-5-6-14(2)12-16)10-9-21-18(25)13-28-20-23-22-19(27-20)17-8-11-26-15(17)3/h5-8,11-12H,4,9-10,13H2,1-3H3,(H,21,25). The van der Waals surface area contributed by atoms with Crippen LogP contribution >= 0.6 is 11.8 Å². The molecule has 3 aromatic rings. The van der Waals surface area contributed by atoms with Gasteiger partial charge in [0.05, 0.1) is 17.6 Å². The number of amides is 1. The van der Waals surface area contributed by atoms with Crippen molar-refractivity contribution >= 4 is 23.4 Å². The topological polar surface area (TPSA) is 84.4 Å². The molecular formula is C20H24N4O3S. The number of likely N-dealkylation sites (N-methyl/N-ethyl adjacent to an activating group) is 1. The number of benzene rings is 1. The Morgan fingerprint density at radius 3 is 2.82 bits per heavy atom. The van der Waals surface area contributed by atoms with E-state index in [2.05, 4.69) is 52.5 Å². The summed E-state index contributed by atoms with van der Waals surface area (Å²) in [6.45, 7) is 8.22. The number of nitrogens with one attached hydrogen (secondary N) is 1. The summed E-state index contributed by atoms with van der Waals surface area (Å²) in [4.78, 5) is 14.3. The highest BCUT2D eigenvalue weighted by Crippen LogP contribution is 2.26. The van der Waals surface area contributed by atoms with E-state index in [0.29, 0.717) is 23.4 Å². The Morgan fingerprint density at radius 1 is 1.25 bits per heavy atom. The zero-order chi connectivity index (χ0) is 19.9. The summed E-state index contributed by atoms with van der Waals surface area (Å²) in [5, 5.41) is 11.3. The fraction of sp³-hybridized carbons (Fsp3) is 0.350. The van der Waals surface area contributed by atoms with Crippen LogP contribution in [0.5, 0.6) is 0 Å². The zero-order valence-electron chi connectivity index (χ0n) is 16.3. The molecule has 0 atom stereocenters. The highest BCUT2D eigenvalue weighted by molar-refractivity contribution is 7.99. The first-order valence-electron chi connectivity index (χ1n) is 9.16. The number of carbonyl (C=O) groups is 1. The molecule has 2 aromatic heterocycles. The molecule has 3 rings (SSSR count). The molecule has 0 saturated heterocycles. The zero-order valence-corrected chi connectivity index (χ0v) is 17.1. The number of aromatic nitrogens is 2. The maximum absolute atomic E-state index is 12.1. The average Bonchev–Trinajstić information content (AvgIpc) is 3.32. The smallest absolute Gasteiger partial charge is 0.277 e. The molecule has 8 heteroatoms. The second kappa shape index (κ2) is 9.45. The maximum atomic E-state index is 12.1. The predicted molar refractivity (Wildman–Crippen MR) is 110 cm³/mol. The SMILES string of the molecule is CCN(CCNC(=O)CSc1nnc(-c2ccoc2C)o1)c1cccc(C)c1.